The molecule has 16 heavy (non-hydrogen) atoms. The standard InChI is InChI=1S/C11H7ClN4/c12-10-6-8(14-7-15-10)9-2-1-3-11-13-4-5-16(9)11/h1-7H. The summed E-state index contributed by atoms with van der Waals surface area (Å²) in [5.74, 6) is 0. The third kappa shape index (κ3) is 1.44. The van der Waals surface area contributed by atoms with E-state index in [1.807, 2.05) is 28.8 Å². The van der Waals surface area contributed by atoms with Crippen molar-refractivity contribution in [2.75, 3.05) is 0 Å². The molecule has 0 amide bonds. The van der Waals surface area contributed by atoms with E-state index in [9.17, 15) is 0 Å². The second-order valence-corrected chi connectivity index (χ2v) is 3.68. The third-order valence-corrected chi connectivity index (χ3v) is 2.53. The van der Waals surface area contributed by atoms with Crippen LogP contribution in [0.1, 0.15) is 0 Å². The molecule has 0 aliphatic carbocycles. The average Bonchev–Trinajstić information content (AvgIpc) is 2.76. The van der Waals surface area contributed by atoms with Crippen molar-refractivity contribution in [3.05, 3.63) is 48.1 Å². The molecule has 78 valence electrons. The smallest absolute Gasteiger partial charge is 0.137 e. The van der Waals surface area contributed by atoms with Crippen LogP contribution in [0.2, 0.25) is 5.15 Å². The molecule has 0 bridgehead atoms. The molecule has 3 rings (SSSR count). The lowest BCUT2D eigenvalue weighted by Gasteiger charge is -2.04. The van der Waals surface area contributed by atoms with Crippen LogP contribution >= 0.6 is 11.6 Å². The van der Waals surface area contributed by atoms with Gasteiger partial charge in [0.1, 0.15) is 17.1 Å². The van der Waals surface area contributed by atoms with Gasteiger partial charge in [0, 0.05) is 18.5 Å². The van der Waals surface area contributed by atoms with Crippen LogP contribution in [0.25, 0.3) is 17.0 Å². The zero-order valence-corrected chi connectivity index (χ0v) is 8.96. The van der Waals surface area contributed by atoms with Crippen molar-refractivity contribution in [1.82, 2.24) is 19.4 Å². The molecule has 0 radical (unpaired) electrons. The predicted molar refractivity (Wildman–Crippen MR) is 61.2 cm³/mol. The fourth-order valence-electron chi connectivity index (χ4n) is 1.63. The van der Waals surface area contributed by atoms with Crippen molar-refractivity contribution in [3.8, 4) is 11.4 Å². The van der Waals surface area contributed by atoms with Gasteiger partial charge in [-0.25, -0.2) is 15.0 Å². The molecule has 4 nitrogen and oxygen atoms in total. The molecule has 3 aromatic rings. The summed E-state index contributed by atoms with van der Waals surface area (Å²) >= 11 is 5.84. The molecule has 0 atom stereocenters. The summed E-state index contributed by atoms with van der Waals surface area (Å²) in [4.78, 5) is 12.3. The lowest BCUT2D eigenvalue weighted by atomic mass is 10.2. The Kier molecular flexibility index (Phi) is 2.08. The van der Waals surface area contributed by atoms with E-state index in [4.69, 9.17) is 11.6 Å². The first kappa shape index (κ1) is 9.30. The van der Waals surface area contributed by atoms with Gasteiger partial charge in [-0.2, -0.15) is 0 Å². The van der Waals surface area contributed by atoms with Crippen LogP contribution in [0.3, 0.4) is 0 Å². The second-order valence-electron chi connectivity index (χ2n) is 3.29. The number of nitrogens with zero attached hydrogens (tertiary/aromatic N) is 4. The van der Waals surface area contributed by atoms with E-state index < -0.39 is 0 Å². The number of imidazole rings is 1. The van der Waals surface area contributed by atoms with Gasteiger partial charge < -0.3 is 0 Å². The normalized spacial score (nSPS) is 10.8. The van der Waals surface area contributed by atoms with E-state index in [-0.39, 0.29) is 0 Å². The molecule has 3 aromatic heterocycles. The summed E-state index contributed by atoms with van der Waals surface area (Å²) in [6, 6.07) is 7.57. The van der Waals surface area contributed by atoms with Crippen LogP contribution < -0.4 is 0 Å². The summed E-state index contributed by atoms with van der Waals surface area (Å²) < 4.78 is 1.96. The topological polar surface area (TPSA) is 43.1 Å². The summed E-state index contributed by atoms with van der Waals surface area (Å²) in [6.45, 7) is 0. The summed E-state index contributed by atoms with van der Waals surface area (Å²) in [7, 11) is 0. The zero-order chi connectivity index (χ0) is 11.0. The Morgan fingerprint density at radius 1 is 1.12 bits per heavy atom. The van der Waals surface area contributed by atoms with Crippen LogP contribution in [-0.4, -0.2) is 19.4 Å². The van der Waals surface area contributed by atoms with Crippen LogP contribution in [0.4, 0.5) is 0 Å². The van der Waals surface area contributed by atoms with Crippen molar-refractivity contribution in [1.29, 1.82) is 0 Å². The second kappa shape index (κ2) is 3.57. The van der Waals surface area contributed by atoms with E-state index in [0.29, 0.717) is 5.15 Å². The van der Waals surface area contributed by atoms with E-state index in [2.05, 4.69) is 15.0 Å². The highest BCUT2D eigenvalue weighted by atomic mass is 35.5. The molecular weight excluding hydrogens is 224 g/mol. The van der Waals surface area contributed by atoms with Crippen LogP contribution in [-0.2, 0) is 0 Å². The number of fused-ring (bicyclic) bond motifs is 1. The predicted octanol–water partition coefficient (Wildman–Crippen LogP) is 2.44. The molecular formula is C11H7ClN4. The van der Waals surface area contributed by atoms with Gasteiger partial charge in [-0.15, -0.1) is 0 Å². The molecule has 0 spiro atoms. The largest absolute Gasteiger partial charge is 0.298 e. The molecule has 5 heteroatoms. The third-order valence-electron chi connectivity index (χ3n) is 2.32. The van der Waals surface area contributed by atoms with Gasteiger partial charge in [0.05, 0.1) is 11.4 Å². The highest BCUT2D eigenvalue weighted by Crippen LogP contribution is 2.19. The van der Waals surface area contributed by atoms with Crippen LogP contribution in [0.15, 0.2) is 43.0 Å². The molecule has 0 aromatic carbocycles. The van der Waals surface area contributed by atoms with Crippen molar-refractivity contribution in [2.24, 2.45) is 0 Å². The Morgan fingerprint density at radius 3 is 2.94 bits per heavy atom. The van der Waals surface area contributed by atoms with E-state index in [0.717, 1.165) is 17.0 Å². The maximum atomic E-state index is 5.84. The van der Waals surface area contributed by atoms with E-state index >= 15 is 0 Å². The Morgan fingerprint density at radius 2 is 2.06 bits per heavy atom. The minimum Gasteiger partial charge on any atom is -0.298 e. The SMILES string of the molecule is Clc1cc(-c2cccc3nccn23)ncn1. The van der Waals surface area contributed by atoms with E-state index in [1.54, 1.807) is 12.3 Å². The highest BCUT2D eigenvalue weighted by Gasteiger charge is 2.05. The summed E-state index contributed by atoms with van der Waals surface area (Å²) in [5, 5.41) is 0.433. The molecule has 3 heterocycles. The lowest BCUT2D eigenvalue weighted by molar-refractivity contribution is 1.12. The monoisotopic (exact) mass is 230 g/mol. The van der Waals surface area contributed by atoms with Crippen LogP contribution in [0, 0.1) is 0 Å². The molecule has 0 fully saturated rings. The molecule has 0 saturated heterocycles. The van der Waals surface area contributed by atoms with Gasteiger partial charge in [0.25, 0.3) is 0 Å². The molecule has 0 saturated carbocycles. The zero-order valence-electron chi connectivity index (χ0n) is 8.21. The Labute approximate surface area is 96.6 Å². The van der Waals surface area contributed by atoms with Crippen molar-refractivity contribution >= 4 is 17.2 Å². The number of halogens is 1. The summed E-state index contributed by atoms with van der Waals surface area (Å²) in [6.07, 6.45) is 5.09. The molecule has 0 aliphatic heterocycles. The number of pyridine rings is 1. The Hall–Kier alpha value is -1.94. The highest BCUT2D eigenvalue weighted by molar-refractivity contribution is 6.29. The quantitative estimate of drug-likeness (QED) is 0.603. The van der Waals surface area contributed by atoms with Crippen molar-refractivity contribution < 1.29 is 0 Å². The number of rotatable bonds is 1. The lowest BCUT2D eigenvalue weighted by Crippen LogP contribution is -1.93. The fraction of sp³-hybridized carbons (Fsp3) is 0. The Balaban J connectivity index is 2.29. The fourth-order valence-corrected chi connectivity index (χ4v) is 1.78. The minimum atomic E-state index is 0.433. The van der Waals surface area contributed by atoms with Gasteiger partial charge in [-0.1, -0.05) is 17.7 Å². The van der Waals surface area contributed by atoms with Gasteiger partial charge in [0.2, 0.25) is 0 Å². The number of aromatic nitrogens is 4. The number of hydrogen-bond donors (Lipinski definition) is 0. The first-order valence-electron chi connectivity index (χ1n) is 4.74. The van der Waals surface area contributed by atoms with E-state index in [1.165, 1.54) is 6.33 Å². The summed E-state index contributed by atoms with van der Waals surface area (Å²) in [5.41, 5.74) is 2.61. The van der Waals surface area contributed by atoms with Gasteiger partial charge >= 0.3 is 0 Å². The van der Waals surface area contributed by atoms with Crippen LogP contribution in [0.5, 0.6) is 0 Å². The van der Waals surface area contributed by atoms with Crippen molar-refractivity contribution in [3.63, 3.8) is 0 Å². The molecule has 0 unspecified atom stereocenters. The van der Waals surface area contributed by atoms with Gasteiger partial charge in [0.15, 0.2) is 0 Å². The maximum Gasteiger partial charge on any atom is 0.137 e. The Bertz CT molecular complexity index is 647. The molecule has 0 aliphatic rings. The minimum absolute atomic E-state index is 0.433. The van der Waals surface area contributed by atoms with Gasteiger partial charge in [-0.3, -0.25) is 4.40 Å². The average molecular weight is 231 g/mol. The first-order valence-corrected chi connectivity index (χ1v) is 5.12. The maximum absolute atomic E-state index is 5.84. The van der Waals surface area contributed by atoms with Crippen molar-refractivity contribution in [2.45, 2.75) is 0 Å². The first-order chi connectivity index (χ1) is 7.84. The molecule has 0 N–H and O–H groups in total. The van der Waals surface area contributed by atoms with Gasteiger partial charge in [-0.05, 0) is 12.1 Å². The number of hydrogen-bond acceptors (Lipinski definition) is 3.